The number of hydrogen-bond donors (Lipinski definition) is 0. The van der Waals surface area contributed by atoms with Crippen LogP contribution in [-0.2, 0) is 11.3 Å². The highest BCUT2D eigenvalue weighted by atomic mass is 79.9. The van der Waals surface area contributed by atoms with Crippen LogP contribution in [0.1, 0.15) is 5.56 Å². The van der Waals surface area contributed by atoms with Gasteiger partial charge in [0.05, 0.1) is 13.2 Å². The summed E-state index contributed by atoms with van der Waals surface area (Å²) in [7, 11) is 0. The first kappa shape index (κ1) is 10.0. The van der Waals surface area contributed by atoms with E-state index in [4.69, 9.17) is 16.3 Å². The molecule has 1 aromatic rings. The molecule has 0 aliphatic heterocycles. The monoisotopic (exact) mass is 248 g/mol. The summed E-state index contributed by atoms with van der Waals surface area (Å²) in [6.07, 6.45) is 0. The van der Waals surface area contributed by atoms with Crippen molar-refractivity contribution in [1.29, 1.82) is 0 Å². The second kappa shape index (κ2) is 5.57. The third kappa shape index (κ3) is 3.57. The number of halogens is 2. The van der Waals surface area contributed by atoms with Gasteiger partial charge >= 0.3 is 0 Å². The molecule has 1 aromatic carbocycles. The van der Waals surface area contributed by atoms with Crippen LogP contribution in [0.4, 0.5) is 0 Å². The fourth-order valence-electron chi connectivity index (χ4n) is 0.871. The maximum Gasteiger partial charge on any atom is 0.0717 e. The molecule has 0 amide bonds. The van der Waals surface area contributed by atoms with E-state index in [1.807, 2.05) is 24.3 Å². The fourth-order valence-corrected chi connectivity index (χ4v) is 1.43. The smallest absolute Gasteiger partial charge is 0.0717 e. The van der Waals surface area contributed by atoms with Crippen LogP contribution in [0, 0.1) is 0 Å². The van der Waals surface area contributed by atoms with Crippen LogP contribution in [0.15, 0.2) is 28.7 Å². The maximum atomic E-state index is 5.46. The van der Waals surface area contributed by atoms with Gasteiger partial charge in [0.25, 0.3) is 0 Å². The molecule has 0 saturated carbocycles. The Morgan fingerprint density at radius 1 is 1.42 bits per heavy atom. The van der Waals surface area contributed by atoms with Gasteiger partial charge in [-0.25, -0.2) is 0 Å². The topological polar surface area (TPSA) is 9.23 Å². The van der Waals surface area contributed by atoms with Crippen molar-refractivity contribution in [2.24, 2.45) is 0 Å². The minimum absolute atomic E-state index is 0.550. The highest BCUT2D eigenvalue weighted by Crippen LogP contribution is 2.12. The second-order valence-corrected chi connectivity index (χ2v) is 3.67. The minimum Gasteiger partial charge on any atom is -0.376 e. The van der Waals surface area contributed by atoms with E-state index in [1.54, 1.807) is 0 Å². The molecule has 0 aromatic heterocycles. The summed E-state index contributed by atoms with van der Waals surface area (Å²) in [5, 5.41) is 0. The van der Waals surface area contributed by atoms with Gasteiger partial charge < -0.3 is 4.74 Å². The van der Waals surface area contributed by atoms with Gasteiger partial charge in [0.2, 0.25) is 0 Å². The normalized spacial score (nSPS) is 10.2. The molecule has 0 saturated heterocycles. The quantitative estimate of drug-likeness (QED) is 0.588. The molecule has 0 unspecified atom stereocenters. The van der Waals surface area contributed by atoms with E-state index < -0.39 is 0 Å². The summed E-state index contributed by atoms with van der Waals surface area (Å²) in [6.45, 7) is 1.24. The van der Waals surface area contributed by atoms with Crippen molar-refractivity contribution < 1.29 is 4.74 Å². The molecule has 0 aliphatic carbocycles. The zero-order valence-electron chi connectivity index (χ0n) is 6.59. The molecule has 0 spiro atoms. The van der Waals surface area contributed by atoms with Crippen molar-refractivity contribution in [3.8, 4) is 0 Å². The Labute approximate surface area is 85.8 Å². The van der Waals surface area contributed by atoms with Crippen LogP contribution in [0.3, 0.4) is 0 Å². The first-order valence-corrected chi connectivity index (χ1v) is 5.04. The van der Waals surface area contributed by atoms with Crippen molar-refractivity contribution in [1.82, 2.24) is 0 Å². The molecule has 66 valence electrons. The van der Waals surface area contributed by atoms with Crippen molar-refractivity contribution in [2.75, 3.05) is 12.5 Å². The maximum absolute atomic E-state index is 5.46. The minimum atomic E-state index is 0.550. The molecule has 0 fully saturated rings. The number of benzene rings is 1. The highest BCUT2D eigenvalue weighted by molar-refractivity contribution is 9.10. The van der Waals surface area contributed by atoms with E-state index in [0.717, 1.165) is 10.0 Å². The summed E-state index contributed by atoms with van der Waals surface area (Å²) in [5.74, 6) is 0.550. The predicted octanol–water partition coefficient (Wildman–Crippen LogP) is 3.20. The summed E-state index contributed by atoms with van der Waals surface area (Å²) >= 11 is 8.85. The number of ether oxygens (including phenoxy) is 1. The Kier molecular flexibility index (Phi) is 4.66. The van der Waals surface area contributed by atoms with Crippen molar-refractivity contribution in [2.45, 2.75) is 6.61 Å². The van der Waals surface area contributed by atoms with E-state index in [0.29, 0.717) is 19.1 Å². The van der Waals surface area contributed by atoms with Gasteiger partial charge in [0.1, 0.15) is 0 Å². The lowest BCUT2D eigenvalue weighted by Crippen LogP contribution is -1.95. The Morgan fingerprint density at radius 3 is 2.92 bits per heavy atom. The van der Waals surface area contributed by atoms with E-state index in [-0.39, 0.29) is 0 Å². The Bertz CT molecular complexity index is 240. The van der Waals surface area contributed by atoms with Crippen LogP contribution in [0.25, 0.3) is 0 Å². The van der Waals surface area contributed by atoms with Crippen LogP contribution in [0.2, 0.25) is 0 Å². The fraction of sp³-hybridized carbons (Fsp3) is 0.333. The third-order valence-corrected chi connectivity index (χ3v) is 2.03. The third-order valence-electron chi connectivity index (χ3n) is 1.38. The van der Waals surface area contributed by atoms with E-state index in [2.05, 4.69) is 15.9 Å². The summed E-state index contributed by atoms with van der Waals surface area (Å²) in [6, 6.07) is 8.04. The molecular formula is C9H10BrClO. The molecule has 12 heavy (non-hydrogen) atoms. The van der Waals surface area contributed by atoms with E-state index >= 15 is 0 Å². The van der Waals surface area contributed by atoms with Gasteiger partial charge in [-0.05, 0) is 17.7 Å². The SMILES string of the molecule is ClCCOCc1cccc(Br)c1. The molecule has 1 nitrogen and oxygen atoms in total. The lowest BCUT2D eigenvalue weighted by Gasteiger charge is -2.01. The molecule has 1 rings (SSSR count). The largest absolute Gasteiger partial charge is 0.376 e. The molecular weight excluding hydrogens is 239 g/mol. The van der Waals surface area contributed by atoms with Crippen molar-refractivity contribution in [3.05, 3.63) is 34.3 Å². The van der Waals surface area contributed by atoms with Crippen LogP contribution >= 0.6 is 27.5 Å². The average molecular weight is 250 g/mol. The zero-order chi connectivity index (χ0) is 8.81. The zero-order valence-corrected chi connectivity index (χ0v) is 8.94. The van der Waals surface area contributed by atoms with E-state index in [1.165, 1.54) is 0 Å². The number of alkyl halides is 1. The van der Waals surface area contributed by atoms with Crippen molar-refractivity contribution in [3.63, 3.8) is 0 Å². The Hall–Kier alpha value is -0.0500. The van der Waals surface area contributed by atoms with Gasteiger partial charge in [-0.1, -0.05) is 28.1 Å². The molecule has 0 N–H and O–H groups in total. The van der Waals surface area contributed by atoms with Gasteiger partial charge in [-0.15, -0.1) is 11.6 Å². The van der Waals surface area contributed by atoms with Gasteiger partial charge in [0, 0.05) is 10.4 Å². The Balaban J connectivity index is 2.41. The van der Waals surface area contributed by atoms with Gasteiger partial charge in [-0.3, -0.25) is 0 Å². The summed E-state index contributed by atoms with van der Waals surface area (Å²) < 4.78 is 6.35. The number of rotatable bonds is 4. The first-order valence-electron chi connectivity index (χ1n) is 3.71. The van der Waals surface area contributed by atoms with Crippen LogP contribution in [0.5, 0.6) is 0 Å². The first-order chi connectivity index (χ1) is 5.83. The molecule has 0 bridgehead atoms. The number of hydrogen-bond acceptors (Lipinski definition) is 1. The highest BCUT2D eigenvalue weighted by Gasteiger charge is 1.92. The molecule has 0 atom stereocenters. The molecule has 0 radical (unpaired) electrons. The molecule has 3 heteroatoms. The standard InChI is InChI=1S/C9H10BrClO/c10-9-3-1-2-8(6-9)7-12-5-4-11/h1-3,6H,4-5,7H2. The molecule has 0 heterocycles. The van der Waals surface area contributed by atoms with Gasteiger partial charge in [-0.2, -0.15) is 0 Å². The van der Waals surface area contributed by atoms with Crippen molar-refractivity contribution >= 4 is 27.5 Å². The lowest BCUT2D eigenvalue weighted by atomic mass is 10.2. The van der Waals surface area contributed by atoms with E-state index in [9.17, 15) is 0 Å². The average Bonchev–Trinajstić information content (AvgIpc) is 2.05. The summed E-state index contributed by atoms with van der Waals surface area (Å²) in [5.41, 5.74) is 1.16. The van der Waals surface area contributed by atoms with Gasteiger partial charge in [0.15, 0.2) is 0 Å². The second-order valence-electron chi connectivity index (χ2n) is 2.37. The summed E-state index contributed by atoms with van der Waals surface area (Å²) in [4.78, 5) is 0. The van der Waals surface area contributed by atoms with Crippen LogP contribution in [-0.4, -0.2) is 12.5 Å². The molecule has 0 aliphatic rings. The lowest BCUT2D eigenvalue weighted by molar-refractivity contribution is 0.136. The Morgan fingerprint density at radius 2 is 2.25 bits per heavy atom. The predicted molar refractivity (Wildman–Crippen MR) is 54.5 cm³/mol. The van der Waals surface area contributed by atoms with Crippen LogP contribution < -0.4 is 0 Å².